The fourth-order valence-corrected chi connectivity index (χ4v) is 7.65. The molecular weight excluding hydrogens is 553 g/mol. The SMILES string of the molecule is N#Cc1cnc(NCc2ccccc2OC(F)(F)F)nc1NC[C@@]12CC3C[C@H](C1)[C@@H](N(CC(N)=O)CC(N)=O)[C@@H](C3)C2. The monoisotopic (exact) mass is 586 g/mol. The Kier molecular flexibility index (Phi) is 8.14. The van der Waals surface area contributed by atoms with Gasteiger partial charge in [-0.15, -0.1) is 13.2 Å². The third-order valence-electron chi connectivity index (χ3n) is 8.67. The van der Waals surface area contributed by atoms with Crippen molar-refractivity contribution in [3.8, 4) is 11.8 Å². The lowest BCUT2D eigenvalue weighted by atomic mass is 9.47. The fourth-order valence-electron chi connectivity index (χ4n) is 7.65. The molecule has 4 bridgehead atoms. The molecule has 0 radical (unpaired) electrons. The Balaban J connectivity index is 1.27. The molecule has 11 nitrogen and oxygen atoms in total. The number of nitrogens with two attached hydrogens (primary N) is 2. The number of rotatable bonds is 12. The molecule has 6 N–H and O–H groups in total. The highest BCUT2D eigenvalue weighted by molar-refractivity contribution is 5.79. The number of anilines is 2. The van der Waals surface area contributed by atoms with Crippen LogP contribution in [-0.4, -0.2) is 58.7 Å². The third-order valence-corrected chi connectivity index (χ3v) is 8.67. The number of carbonyl (C=O) groups excluding carboxylic acids is 2. The first-order valence-electron chi connectivity index (χ1n) is 13.8. The summed E-state index contributed by atoms with van der Waals surface area (Å²) >= 11 is 0. The van der Waals surface area contributed by atoms with Crippen LogP contribution in [0, 0.1) is 34.5 Å². The second-order valence-corrected chi connectivity index (χ2v) is 11.7. The van der Waals surface area contributed by atoms with Gasteiger partial charge in [0.25, 0.3) is 0 Å². The number of benzene rings is 1. The molecule has 0 spiro atoms. The van der Waals surface area contributed by atoms with Gasteiger partial charge < -0.3 is 26.8 Å². The van der Waals surface area contributed by atoms with Crippen LogP contribution in [0.25, 0.3) is 0 Å². The lowest BCUT2D eigenvalue weighted by molar-refractivity contribution is -0.274. The van der Waals surface area contributed by atoms with Gasteiger partial charge in [0, 0.05) is 24.7 Å². The number of halogens is 3. The number of alkyl halides is 3. The Bertz CT molecular complexity index is 1350. The van der Waals surface area contributed by atoms with Gasteiger partial charge in [0.1, 0.15) is 23.2 Å². The largest absolute Gasteiger partial charge is 0.573 e. The Morgan fingerprint density at radius 3 is 2.38 bits per heavy atom. The number of primary amides is 2. The molecule has 4 saturated carbocycles. The minimum absolute atomic E-state index is 0.00836. The minimum atomic E-state index is -4.82. The van der Waals surface area contributed by atoms with Crippen LogP contribution in [0.2, 0.25) is 0 Å². The molecule has 4 aliphatic carbocycles. The highest BCUT2D eigenvalue weighted by atomic mass is 19.4. The average Bonchev–Trinajstić information content (AvgIpc) is 2.89. The molecule has 42 heavy (non-hydrogen) atoms. The molecule has 14 heteroatoms. The number of nitriles is 1. The topological polar surface area (TPSA) is 172 Å². The predicted octanol–water partition coefficient (Wildman–Crippen LogP) is 2.74. The van der Waals surface area contributed by atoms with Crippen molar-refractivity contribution in [1.29, 1.82) is 5.26 Å². The standard InChI is InChI=1S/C28H33F3N8O3/c29-28(30,31)42-21-4-2-1-3-17(21)11-35-26-36-12-20(10-32)25(38-26)37-15-27-7-16-5-18(8-27)24(19(6-16)9-27)39(13-22(33)40)14-23(34)41/h1-4,12,16,18-19,24H,5-9,11,13-15H2,(H2,33,40)(H2,34,41)(H2,35,36,37,38)/t16?,18-,19+,24-,27+. The van der Waals surface area contributed by atoms with Crippen molar-refractivity contribution in [1.82, 2.24) is 14.9 Å². The summed E-state index contributed by atoms with van der Waals surface area (Å²) in [5, 5.41) is 16.0. The summed E-state index contributed by atoms with van der Waals surface area (Å²) in [7, 11) is 0. The predicted molar refractivity (Wildman–Crippen MR) is 145 cm³/mol. The summed E-state index contributed by atoms with van der Waals surface area (Å²) in [6.07, 6.45) is 1.39. The third kappa shape index (κ3) is 6.67. The summed E-state index contributed by atoms with van der Waals surface area (Å²) < 4.78 is 42.5. The van der Waals surface area contributed by atoms with E-state index in [-0.39, 0.29) is 65.8 Å². The van der Waals surface area contributed by atoms with Gasteiger partial charge in [0.05, 0.1) is 19.3 Å². The zero-order valence-corrected chi connectivity index (χ0v) is 22.9. The molecule has 6 rings (SSSR count). The van der Waals surface area contributed by atoms with E-state index in [2.05, 4.69) is 31.4 Å². The number of aromatic nitrogens is 2. The first kappa shape index (κ1) is 29.4. The van der Waals surface area contributed by atoms with Crippen LogP contribution in [0.3, 0.4) is 0 Å². The average molecular weight is 587 g/mol. The number of hydrogen-bond acceptors (Lipinski definition) is 9. The Morgan fingerprint density at radius 2 is 1.76 bits per heavy atom. The van der Waals surface area contributed by atoms with Crippen molar-refractivity contribution in [2.45, 2.75) is 51.1 Å². The molecule has 1 heterocycles. The number of hydrogen-bond donors (Lipinski definition) is 4. The molecule has 4 aliphatic rings. The number of nitrogens with zero attached hydrogens (tertiary/aromatic N) is 4. The maximum absolute atomic E-state index is 12.8. The first-order valence-corrected chi connectivity index (χ1v) is 13.8. The summed E-state index contributed by atoms with van der Waals surface area (Å²) in [6.45, 7) is 0.528. The first-order chi connectivity index (χ1) is 19.9. The van der Waals surface area contributed by atoms with E-state index in [1.807, 2.05) is 4.90 Å². The molecule has 0 saturated heterocycles. The highest BCUT2D eigenvalue weighted by Crippen LogP contribution is 2.61. The Hall–Kier alpha value is -4.12. The van der Waals surface area contributed by atoms with Gasteiger partial charge >= 0.3 is 6.36 Å². The van der Waals surface area contributed by atoms with Crippen molar-refractivity contribution >= 4 is 23.6 Å². The Morgan fingerprint density at radius 1 is 1.10 bits per heavy atom. The molecule has 1 aromatic carbocycles. The smallest absolute Gasteiger partial charge is 0.405 e. The van der Waals surface area contributed by atoms with Crippen LogP contribution in [0.1, 0.15) is 43.2 Å². The number of nitrogens with one attached hydrogen (secondary N) is 2. The van der Waals surface area contributed by atoms with Crippen molar-refractivity contribution < 1.29 is 27.5 Å². The van der Waals surface area contributed by atoms with Gasteiger partial charge in [-0.05, 0) is 61.3 Å². The fraction of sp³-hybridized carbons (Fsp3) is 0.536. The van der Waals surface area contributed by atoms with Gasteiger partial charge in [0.15, 0.2) is 0 Å². The van der Waals surface area contributed by atoms with E-state index >= 15 is 0 Å². The molecule has 2 aromatic rings. The second-order valence-electron chi connectivity index (χ2n) is 11.7. The van der Waals surface area contributed by atoms with E-state index in [4.69, 9.17) is 11.5 Å². The van der Waals surface area contributed by atoms with E-state index in [9.17, 15) is 28.0 Å². The quantitative estimate of drug-likeness (QED) is 0.292. The number of carbonyl (C=O) groups is 2. The molecule has 0 aliphatic heterocycles. The Labute approximate surface area is 240 Å². The zero-order chi connectivity index (χ0) is 30.1. The van der Waals surface area contributed by atoms with Crippen LogP contribution in [0.5, 0.6) is 5.75 Å². The summed E-state index contributed by atoms with van der Waals surface area (Å²) in [5.41, 5.74) is 11.4. The summed E-state index contributed by atoms with van der Waals surface area (Å²) in [4.78, 5) is 34.0. The second kappa shape index (κ2) is 11.6. The van der Waals surface area contributed by atoms with Gasteiger partial charge in [-0.25, -0.2) is 4.98 Å². The van der Waals surface area contributed by atoms with Gasteiger partial charge in [0.2, 0.25) is 17.8 Å². The molecular formula is C28H33F3N8O3. The normalized spacial score (nSPS) is 26.1. The van der Waals surface area contributed by atoms with Crippen LogP contribution >= 0.6 is 0 Å². The maximum Gasteiger partial charge on any atom is 0.573 e. The van der Waals surface area contributed by atoms with E-state index < -0.39 is 18.2 Å². The van der Waals surface area contributed by atoms with Crippen LogP contribution < -0.4 is 26.8 Å². The molecule has 1 unspecified atom stereocenters. The van der Waals surface area contributed by atoms with Crippen LogP contribution in [0.4, 0.5) is 24.9 Å². The van der Waals surface area contributed by atoms with Crippen molar-refractivity contribution in [2.24, 2.45) is 34.6 Å². The van der Waals surface area contributed by atoms with Crippen molar-refractivity contribution in [3.05, 3.63) is 41.6 Å². The van der Waals surface area contributed by atoms with Crippen molar-refractivity contribution in [3.63, 3.8) is 0 Å². The molecule has 2 amide bonds. The number of ether oxygens (including phenoxy) is 1. The maximum atomic E-state index is 12.8. The highest BCUT2D eigenvalue weighted by Gasteiger charge is 2.56. The van der Waals surface area contributed by atoms with Gasteiger partial charge in [-0.3, -0.25) is 14.5 Å². The molecule has 224 valence electrons. The van der Waals surface area contributed by atoms with E-state index in [0.717, 1.165) is 32.1 Å². The summed E-state index contributed by atoms with van der Waals surface area (Å²) in [6, 6.07) is 7.94. The van der Waals surface area contributed by atoms with Crippen molar-refractivity contribution in [2.75, 3.05) is 30.3 Å². The van der Waals surface area contributed by atoms with Gasteiger partial charge in [-0.1, -0.05) is 18.2 Å². The number of amides is 2. The summed E-state index contributed by atoms with van der Waals surface area (Å²) in [5.74, 6) is 0.285. The van der Waals surface area contributed by atoms with Crippen LogP contribution in [-0.2, 0) is 16.1 Å². The zero-order valence-electron chi connectivity index (χ0n) is 22.9. The molecule has 1 aromatic heterocycles. The molecule has 5 atom stereocenters. The minimum Gasteiger partial charge on any atom is -0.405 e. The lowest BCUT2D eigenvalue weighted by Gasteiger charge is -2.62. The van der Waals surface area contributed by atoms with E-state index in [1.165, 1.54) is 24.4 Å². The van der Waals surface area contributed by atoms with E-state index in [1.54, 1.807) is 6.07 Å². The van der Waals surface area contributed by atoms with Gasteiger partial charge in [-0.2, -0.15) is 10.2 Å². The van der Waals surface area contributed by atoms with Crippen LogP contribution in [0.15, 0.2) is 30.5 Å². The lowest BCUT2D eigenvalue weighted by Crippen LogP contribution is -2.62. The number of para-hydroxylation sites is 1. The van der Waals surface area contributed by atoms with E-state index in [0.29, 0.717) is 18.3 Å². The molecule has 4 fully saturated rings.